The highest BCUT2D eigenvalue weighted by Gasteiger charge is 2.35. The molecule has 0 aromatic carbocycles. The zero-order valence-corrected chi connectivity index (χ0v) is 32.1. The maximum atomic E-state index is 2.56. The van der Waals surface area contributed by atoms with Crippen LogP contribution in [-0.4, -0.2) is 25.5 Å². The first-order valence-electron chi connectivity index (χ1n) is 21.1. The standard InChI is InChI=1S/C43H87N/c1-8-12-15-20-26-38(5)27-23-32-41(34-25-35-43-37-42(43)31-19-14-10-3)40(30-21-16-17-22-36-44(6)7)33-24-29-39(11-4)28-18-13-9-2/h38-43H,8-37H2,1-7H3. The van der Waals surface area contributed by atoms with E-state index in [4.69, 9.17) is 0 Å². The van der Waals surface area contributed by atoms with Crippen LogP contribution < -0.4 is 0 Å². The molecule has 0 spiro atoms. The Morgan fingerprint density at radius 3 is 1.59 bits per heavy atom. The zero-order valence-electron chi connectivity index (χ0n) is 32.1. The largest absolute Gasteiger partial charge is 0.309 e. The summed E-state index contributed by atoms with van der Waals surface area (Å²) in [5, 5.41) is 0. The molecule has 1 aliphatic carbocycles. The molecule has 0 aromatic heterocycles. The van der Waals surface area contributed by atoms with Gasteiger partial charge in [0.15, 0.2) is 0 Å². The first-order valence-corrected chi connectivity index (χ1v) is 21.1. The third-order valence-electron chi connectivity index (χ3n) is 11.8. The maximum Gasteiger partial charge on any atom is -0.00248 e. The van der Waals surface area contributed by atoms with Crippen LogP contribution in [0.15, 0.2) is 0 Å². The van der Waals surface area contributed by atoms with E-state index in [-0.39, 0.29) is 0 Å². The Hall–Kier alpha value is -0.0400. The summed E-state index contributed by atoms with van der Waals surface area (Å²) in [4.78, 5) is 2.36. The summed E-state index contributed by atoms with van der Waals surface area (Å²) >= 11 is 0. The fourth-order valence-corrected chi connectivity index (χ4v) is 8.43. The number of nitrogens with zero attached hydrogens (tertiary/aromatic N) is 1. The van der Waals surface area contributed by atoms with Gasteiger partial charge in [0.2, 0.25) is 0 Å². The average molecular weight is 618 g/mol. The van der Waals surface area contributed by atoms with Crippen LogP contribution in [0.3, 0.4) is 0 Å². The number of rotatable bonds is 34. The van der Waals surface area contributed by atoms with Crippen molar-refractivity contribution in [1.29, 1.82) is 0 Å². The molecule has 44 heavy (non-hydrogen) atoms. The molecule has 1 nitrogen and oxygen atoms in total. The van der Waals surface area contributed by atoms with Crippen molar-refractivity contribution in [3.63, 3.8) is 0 Å². The minimum Gasteiger partial charge on any atom is -0.309 e. The van der Waals surface area contributed by atoms with Gasteiger partial charge in [-0.2, -0.15) is 0 Å². The average Bonchev–Trinajstić information content (AvgIpc) is 3.76. The highest BCUT2D eigenvalue weighted by Crippen LogP contribution is 2.46. The highest BCUT2D eigenvalue weighted by molar-refractivity contribution is 4.86. The van der Waals surface area contributed by atoms with Crippen LogP contribution in [0.5, 0.6) is 0 Å². The lowest BCUT2D eigenvalue weighted by Crippen LogP contribution is -2.17. The Balaban J connectivity index is 2.72. The zero-order chi connectivity index (χ0) is 32.3. The predicted molar refractivity (Wildman–Crippen MR) is 202 cm³/mol. The van der Waals surface area contributed by atoms with Crippen molar-refractivity contribution in [2.75, 3.05) is 20.6 Å². The highest BCUT2D eigenvalue weighted by atomic mass is 15.0. The minimum absolute atomic E-state index is 0.937. The Morgan fingerprint density at radius 1 is 0.477 bits per heavy atom. The smallest absolute Gasteiger partial charge is 0.00248 e. The summed E-state index contributed by atoms with van der Waals surface area (Å²) in [5.74, 6) is 6.12. The van der Waals surface area contributed by atoms with Gasteiger partial charge in [-0.05, 0) is 69.0 Å². The summed E-state index contributed by atoms with van der Waals surface area (Å²) in [6, 6.07) is 0. The van der Waals surface area contributed by atoms with Crippen LogP contribution in [0, 0.1) is 35.5 Å². The van der Waals surface area contributed by atoms with Gasteiger partial charge in [-0.3, -0.25) is 0 Å². The van der Waals surface area contributed by atoms with Crippen LogP contribution in [0.2, 0.25) is 0 Å². The van der Waals surface area contributed by atoms with Gasteiger partial charge in [-0.1, -0.05) is 208 Å². The summed E-state index contributed by atoms with van der Waals surface area (Å²) in [5.41, 5.74) is 0. The van der Waals surface area contributed by atoms with Crippen LogP contribution in [-0.2, 0) is 0 Å². The molecule has 0 N–H and O–H groups in total. The second kappa shape index (κ2) is 29.1. The van der Waals surface area contributed by atoms with Gasteiger partial charge >= 0.3 is 0 Å². The minimum atomic E-state index is 0.937. The van der Waals surface area contributed by atoms with Gasteiger partial charge in [0.25, 0.3) is 0 Å². The lowest BCUT2D eigenvalue weighted by molar-refractivity contribution is 0.226. The molecule has 0 bridgehead atoms. The van der Waals surface area contributed by atoms with Crippen molar-refractivity contribution in [2.45, 2.75) is 221 Å². The number of hydrogen-bond acceptors (Lipinski definition) is 1. The Morgan fingerprint density at radius 2 is 0.932 bits per heavy atom. The Kier molecular flexibility index (Phi) is 27.8. The number of unbranched alkanes of at least 4 members (excludes halogenated alkanes) is 10. The molecule has 264 valence electrons. The number of hydrogen-bond donors (Lipinski definition) is 0. The van der Waals surface area contributed by atoms with E-state index in [1.165, 1.54) is 173 Å². The SMILES string of the molecule is CCCCCCC(C)CCCC(CCCC1CC1CCCCC)C(CCCCCCN(C)C)CCCC(CC)CCCCC. The van der Waals surface area contributed by atoms with Crippen molar-refractivity contribution in [3.8, 4) is 0 Å². The molecule has 0 amide bonds. The van der Waals surface area contributed by atoms with Crippen LogP contribution in [0.4, 0.5) is 0 Å². The van der Waals surface area contributed by atoms with Gasteiger partial charge in [-0.25, -0.2) is 0 Å². The monoisotopic (exact) mass is 618 g/mol. The fraction of sp³-hybridized carbons (Fsp3) is 1.00. The first kappa shape index (κ1) is 42.0. The topological polar surface area (TPSA) is 3.24 Å². The van der Waals surface area contributed by atoms with Crippen molar-refractivity contribution in [2.24, 2.45) is 35.5 Å². The molecule has 1 saturated carbocycles. The Bertz CT molecular complexity index is 575. The molecule has 1 fully saturated rings. The third-order valence-corrected chi connectivity index (χ3v) is 11.8. The van der Waals surface area contributed by atoms with Crippen LogP contribution >= 0.6 is 0 Å². The molecular formula is C43H87N. The molecule has 1 heteroatoms. The van der Waals surface area contributed by atoms with Crippen molar-refractivity contribution < 1.29 is 0 Å². The van der Waals surface area contributed by atoms with E-state index in [9.17, 15) is 0 Å². The van der Waals surface area contributed by atoms with Gasteiger partial charge in [0.05, 0.1) is 0 Å². The van der Waals surface area contributed by atoms with Gasteiger partial charge in [0, 0.05) is 0 Å². The van der Waals surface area contributed by atoms with E-state index in [2.05, 4.69) is 53.6 Å². The van der Waals surface area contributed by atoms with E-state index in [1.807, 2.05) is 0 Å². The van der Waals surface area contributed by atoms with Crippen molar-refractivity contribution in [1.82, 2.24) is 4.90 Å². The van der Waals surface area contributed by atoms with E-state index in [1.54, 1.807) is 19.3 Å². The molecule has 1 rings (SSSR count). The molecular weight excluding hydrogens is 530 g/mol. The molecule has 0 aromatic rings. The Labute approximate surface area is 281 Å². The van der Waals surface area contributed by atoms with Gasteiger partial charge in [-0.15, -0.1) is 0 Å². The van der Waals surface area contributed by atoms with Gasteiger partial charge in [0.1, 0.15) is 0 Å². The normalized spacial score (nSPS) is 19.4. The van der Waals surface area contributed by atoms with Crippen LogP contribution in [0.1, 0.15) is 221 Å². The van der Waals surface area contributed by atoms with E-state index >= 15 is 0 Å². The quantitative estimate of drug-likeness (QED) is 0.0649. The summed E-state index contributed by atoms with van der Waals surface area (Å²) in [6.07, 6.45) is 42.7. The second-order valence-electron chi connectivity index (χ2n) is 16.3. The van der Waals surface area contributed by atoms with E-state index < -0.39 is 0 Å². The lowest BCUT2D eigenvalue weighted by atomic mass is 9.77. The molecule has 0 heterocycles. The lowest BCUT2D eigenvalue weighted by Gasteiger charge is -2.29. The molecule has 0 radical (unpaired) electrons. The molecule has 1 aliphatic rings. The maximum absolute atomic E-state index is 2.56. The predicted octanol–water partition coefficient (Wildman–Crippen LogP) is 14.7. The summed E-state index contributed by atoms with van der Waals surface area (Å²) in [6.45, 7) is 13.3. The third kappa shape index (κ3) is 23.3. The fourth-order valence-electron chi connectivity index (χ4n) is 8.43. The molecule has 6 unspecified atom stereocenters. The van der Waals surface area contributed by atoms with E-state index in [0.29, 0.717) is 0 Å². The molecule has 0 saturated heterocycles. The second-order valence-corrected chi connectivity index (χ2v) is 16.3. The molecule has 0 aliphatic heterocycles. The summed E-state index contributed by atoms with van der Waals surface area (Å²) in [7, 11) is 4.46. The van der Waals surface area contributed by atoms with Crippen LogP contribution in [0.25, 0.3) is 0 Å². The van der Waals surface area contributed by atoms with Crippen molar-refractivity contribution in [3.05, 3.63) is 0 Å². The van der Waals surface area contributed by atoms with Gasteiger partial charge < -0.3 is 4.90 Å². The summed E-state index contributed by atoms with van der Waals surface area (Å²) < 4.78 is 0. The first-order chi connectivity index (χ1) is 21.4. The van der Waals surface area contributed by atoms with E-state index in [0.717, 1.165) is 35.5 Å². The van der Waals surface area contributed by atoms with Crippen molar-refractivity contribution >= 4 is 0 Å². The molecule has 6 atom stereocenters.